The van der Waals surface area contributed by atoms with Gasteiger partial charge in [0, 0.05) is 24.3 Å². The molecule has 0 fully saturated rings. The molecular formula is C15H15N3O7S. The third-order valence-corrected chi connectivity index (χ3v) is 5.23. The van der Waals surface area contributed by atoms with E-state index in [2.05, 4.69) is 4.72 Å². The average molecular weight is 381 g/mol. The number of benzene rings is 2. The summed E-state index contributed by atoms with van der Waals surface area (Å²) in [5, 5.41) is 21.9. The lowest BCUT2D eigenvalue weighted by atomic mass is 10.1. The van der Waals surface area contributed by atoms with E-state index in [1.807, 2.05) is 0 Å². The first kappa shape index (κ1) is 19.1. The molecule has 0 unspecified atom stereocenters. The molecule has 0 amide bonds. The summed E-state index contributed by atoms with van der Waals surface area (Å²) >= 11 is 0. The minimum atomic E-state index is -4.25. The van der Waals surface area contributed by atoms with Crippen LogP contribution in [0.1, 0.15) is 11.1 Å². The minimum absolute atomic E-state index is 0.0685. The summed E-state index contributed by atoms with van der Waals surface area (Å²) in [6, 6.07) is 5.63. The van der Waals surface area contributed by atoms with E-state index in [1.165, 1.54) is 32.2 Å². The Bertz CT molecular complexity index is 1000. The number of sulfonamides is 1. The normalized spacial score (nSPS) is 11.0. The van der Waals surface area contributed by atoms with Crippen LogP contribution < -0.4 is 9.46 Å². The molecule has 0 spiro atoms. The summed E-state index contributed by atoms with van der Waals surface area (Å²) in [4.78, 5) is 20.3. The van der Waals surface area contributed by atoms with Crippen molar-refractivity contribution in [3.05, 3.63) is 61.7 Å². The van der Waals surface area contributed by atoms with E-state index in [9.17, 15) is 28.6 Å². The average Bonchev–Trinajstić information content (AvgIpc) is 2.56. The number of aryl methyl sites for hydroxylation is 1. The largest absolute Gasteiger partial charge is 0.495 e. The second-order valence-electron chi connectivity index (χ2n) is 5.39. The zero-order chi connectivity index (χ0) is 19.6. The van der Waals surface area contributed by atoms with Crippen molar-refractivity contribution in [1.82, 2.24) is 0 Å². The number of nitrogens with zero attached hydrogens (tertiary/aromatic N) is 2. The van der Waals surface area contributed by atoms with Gasteiger partial charge in [-0.3, -0.25) is 25.0 Å². The Kier molecular flexibility index (Phi) is 5.12. The van der Waals surface area contributed by atoms with Gasteiger partial charge in [0.25, 0.3) is 21.4 Å². The van der Waals surface area contributed by atoms with Gasteiger partial charge in [0.05, 0.1) is 27.5 Å². The predicted octanol–water partition coefficient (Wildman–Crippen LogP) is 2.93. The summed E-state index contributed by atoms with van der Waals surface area (Å²) < 4.78 is 32.7. The van der Waals surface area contributed by atoms with Crippen molar-refractivity contribution in [2.24, 2.45) is 0 Å². The van der Waals surface area contributed by atoms with Gasteiger partial charge in [-0.25, -0.2) is 8.42 Å². The molecule has 0 radical (unpaired) electrons. The molecule has 10 nitrogen and oxygen atoms in total. The molecule has 138 valence electrons. The number of nitrogens with one attached hydrogen (secondary N) is 1. The molecule has 1 N–H and O–H groups in total. The number of nitro benzene ring substituents is 2. The van der Waals surface area contributed by atoms with Crippen LogP contribution in [-0.4, -0.2) is 25.4 Å². The van der Waals surface area contributed by atoms with E-state index in [-0.39, 0.29) is 27.7 Å². The van der Waals surface area contributed by atoms with E-state index < -0.39 is 19.9 Å². The highest BCUT2D eigenvalue weighted by atomic mass is 32.2. The fourth-order valence-electron chi connectivity index (χ4n) is 2.28. The highest BCUT2D eigenvalue weighted by Gasteiger charge is 2.24. The van der Waals surface area contributed by atoms with Crippen molar-refractivity contribution in [3.8, 4) is 5.75 Å². The Morgan fingerprint density at radius 2 is 1.62 bits per heavy atom. The highest BCUT2D eigenvalue weighted by molar-refractivity contribution is 7.92. The van der Waals surface area contributed by atoms with Crippen molar-refractivity contribution in [1.29, 1.82) is 0 Å². The van der Waals surface area contributed by atoms with Crippen LogP contribution in [0.5, 0.6) is 5.75 Å². The lowest BCUT2D eigenvalue weighted by molar-refractivity contribution is -0.385. The van der Waals surface area contributed by atoms with Crippen LogP contribution in [0.3, 0.4) is 0 Å². The molecule has 2 aromatic carbocycles. The van der Waals surface area contributed by atoms with E-state index in [1.54, 1.807) is 6.92 Å². The smallest absolute Gasteiger partial charge is 0.271 e. The minimum Gasteiger partial charge on any atom is -0.495 e. The van der Waals surface area contributed by atoms with Gasteiger partial charge < -0.3 is 4.74 Å². The zero-order valence-corrected chi connectivity index (χ0v) is 14.9. The molecule has 0 heterocycles. The van der Waals surface area contributed by atoms with E-state index in [0.29, 0.717) is 11.1 Å². The van der Waals surface area contributed by atoms with E-state index >= 15 is 0 Å². The van der Waals surface area contributed by atoms with Gasteiger partial charge >= 0.3 is 0 Å². The van der Waals surface area contributed by atoms with Crippen LogP contribution in [0.25, 0.3) is 0 Å². The SMILES string of the molecule is COc1ccc([N+](=O)[O-])cc1NS(=O)(=O)c1cc([N+](=O)[O-])cc(C)c1C. The highest BCUT2D eigenvalue weighted by Crippen LogP contribution is 2.32. The molecule has 0 saturated carbocycles. The number of hydrogen-bond acceptors (Lipinski definition) is 7. The standard InChI is InChI=1S/C15H15N3O7S/c1-9-6-12(18(21)22)8-15(10(9)2)26(23,24)16-13-7-11(17(19)20)4-5-14(13)25-3/h4-8,16H,1-3H3. The molecule has 2 aromatic rings. The summed E-state index contributed by atoms with van der Waals surface area (Å²) in [6.45, 7) is 3.06. The van der Waals surface area contributed by atoms with Gasteiger partial charge in [0.1, 0.15) is 5.75 Å². The van der Waals surface area contributed by atoms with Gasteiger partial charge in [-0.05, 0) is 31.0 Å². The Hall–Kier alpha value is -3.21. The van der Waals surface area contributed by atoms with Gasteiger partial charge in [-0.1, -0.05) is 0 Å². The number of ether oxygens (including phenoxy) is 1. The summed E-state index contributed by atoms with van der Waals surface area (Å²) in [5.74, 6) is 0.0685. The third-order valence-electron chi connectivity index (χ3n) is 3.74. The maximum atomic E-state index is 12.7. The quantitative estimate of drug-likeness (QED) is 0.599. The predicted molar refractivity (Wildman–Crippen MR) is 93.0 cm³/mol. The summed E-state index contributed by atoms with van der Waals surface area (Å²) in [5.41, 5.74) is -0.113. The van der Waals surface area contributed by atoms with E-state index in [4.69, 9.17) is 4.74 Å². The number of anilines is 1. The molecule has 0 aliphatic carbocycles. The topological polar surface area (TPSA) is 142 Å². The Balaban J connectivity index is 2.58. The fraction of sp³-hybridized carbons (Fsp3) is 0.200. The first-order chi connectivity index (χ1) is 12.1. The molecule has 0 bridgehead atoms. The third kappa shape index (κ3) is 3.72. The molecule has 26 heavy (non-hydrogen) atoms. The maximum absolute atomic E-state index is 12.7. The zero-order valence-electron chi connectivity index (χ0n) is 14.0. The summed E-state index contributed by atoms with van der Waals surface area (Å²) in [6.07, 6.45) is 0. The van der Waals surface area contributed by atoms with Crippen LogP contribution in [0, 0.1) is 34.1 Å². The van der Waals surface area contributed by atoms with Crippen molar-refractivity contribution < 1.29 is 23.0 Å². The van der Waals surface area contributed by atoms with Crippen LogP contribution in [0.2, 0.25) is 0 Å². The lowest BCUT2D eigenvalue weighted by Gasteiger charge is -2.14. The summed E-state index contributed by atoms with van der Waals surface area (Å²) in [7, 11) is -2.98. The van der Waals surface area contributed by atoms with Crippen LogP contribution in [0.4, 0.5) is 17.1 Å². The van der Waals surface area contributed by atoms with Crippen LogP contribution in [-0.2, 0) is 10.0 Å². The molecule has 2 rings (SSSR count). The Morgan fingerprint density at radius 1 is 1.00 bits per heavy atom. The molecule has 11 heteroatoms. The molecule has 0 saturated heterocycles. The van der Waals surface area contributed by atoms with Crippen LogP contribution in [0.15, 0.2) is 35.2 Å². The second kappa shape index (κ2) is 6.96. The monoisotopic (exact) mass is 381 g/mol. The molecule has 0 atom stereocenters. The van der Waals surface area contributed by atoms with Crippen molar-refractivity contribution in [2.45, 2.75) is 18.7 Å². The number of nitro groups is 2. The van der Waals surface area contributed by atoms with Gasteiger partial charge in [0.2, 0.25) is 0 Å². The van der Waals surface area contributed by atoms with Gasteiger partial charge in [0.15, 0.2) is 0 Å². The molecular weight excluding hydrogens is 366 g/mol. The number of hydrogen-bond donors (Lipinski definition) is 1. The first-order valence-electron chi connectivity index (χ1n) is 7.17. The van der Waals surface area contributed by atoms with Crippen molar-refractivity contribution >= 4 is 27.1 Å². The number of non-ortho nitro benzene ring substituents is 2. The maximum Gasteiger partial charge on any atom is 0.271 e. The van der Waals surface area contributed by atoms with Crippen LogP contribution >= 0.6 is 0 Å². The number of rotatable bonds is 6. The van der Waals surface area contributed by atoms with Crippen molar-refractivity contribution in [2.75, 3.05) is 11.8 Å². The second-order valence-corrected chi connectivity index (χ2v) is 7.04. The Labute approximate surface area is 148 Å². The number of methoxy groups -OCH3 is 1. The molecule has 0 aliphatic heterocycles. The lowest BCUT2D eigenvalue weighted by Crippen LogP contribution is -2.16. The first-order valence-corrected chi connectivity index (χ1v) is 8.66. The molecule has 0 aliphatic rings. The van der Waals surface area contributed by atoms with Gasteiger partial charge in [-0.2, -0.15) is 0 Å². The van der Waals surface area contributed by atoms with E-state index in [0.717, 1.165) is 12.1 Å². The van der Waals surface area contributed by atoms with Gasteiger partial charge in [-0.15, -0.1) is 0 Å². The Morgan fingerprint density at radius 3 is 2.15 bits per heavy atom. The fourth-order valence-corrected chi connectivity index (χ4v) is 3.68. The van der Waals surface area contributed by atoms with Crippen molar-refractivity contribution in [3.63, 3.8) is 0 Å². The molecule has 0 aromatic heterocycles.